The lowest BCUT2D eigenvalue weighted by atomic mass is 10.1. The molecule has 0 saturated carbocycles. The average molecular weight is 413 g/mol. The van der Waals surface area contributed by atoms with Crippen molar-refractivity contribution in [3.8, 4) is 5.75 Å². The summed E-state index contributed by atoms with van der Waals surface area (Å²) in [6.45, 7) is 0.309. The summed E-state index contributed by atoms with van der Waals surface area (Å²) in [5.74, 6) is -0.508. The Balaban J connectivity index is 1.63. The molecule has 0 bridgehead atoms. The van der Waals surface area contributed by atoms with Gasteiger partial charge >= 0.3 is 0 Å². The third kappa shape index (κ3) is 4.46. The number of hydrogen-bond donors (Lipinski definition) is 2. The molecule has 2 N–H and O–H groups in total. The highest BCUT2D eigenvalue weighted by molar-refractivity contribution is 6.37. The number of benzene rings is 2. The molecule has 9 heteroatoms. The van der Waals surface area contributed by atoms with Crippen LogP contribution < -0.4 is 5.32 Å². The second kappa shape index (κ2) is 7.95. The summed E-state index contributed by atoms with van der Waals surface area (Å²) in [5.41, 5.74) is 1.55. The standard InChI is InChI=1S/C17H12Cl3N3O3/c18-11-3-1-9(2-4-11)8-21-17(25)16-22-14(26-23-16)7-10-5-12(19)15(24)13(20)6-10/h1-6,24H,7-8H2,(H,21,25). The maximum Gasteiger partial charge on any atom is 0.292 e. The van der Waals surface area contributed by atoms with Crippen LogP contribution in [0.3, 0.4) is 0 Å². The number of phenols is 1. The fourth-order valence-corrected chi connectivity index (χ4v) is 2.84. The molecule has 0 aliphatic rings. The molecule has 3 aromatic rings. The van der Waals surface area contributed by atoms with Crippen molar-refractivity contribution in [3.63, 3.8) is 0 Å². The number of nitrogens with zero attached hydrogens (tertiary/aromatic N) is 2. The molecule has 0 unspecified atom stereocenters. The summed E-state index contributed by atoms with van der Waals surface area (Å²) in [5, 5.41) is 16.8. The van der Waals surface area contributed by atoms with Gasteiger partial charge in [0.25, 0.3) is 11.7 Å². The number of rotatable bonds is 5. The molecule has 6 nitrogen and oxygen atoms in total. The molecule has 1 heterocycles. The van der Waals surface area contributed by atoms with Crippen molar-refractivity contribution in [2.24, 2.45) is 0 Å². The second-order valence-corrected chi connectivity index (χ2v) is 6.66. The van der Waals surface area contributed by atoms with Crippen molar-refractivity contribution in [1.29, 1.82) is 0 Å². The third-order valence-electron chi connectivity index (χ3n) is 3.47. The van der Waals surface area contributed by atoms with Crippen LogP contribution in [0, 0.1) is 0 Å². The lowest BCUT2D eigenvalue weighted by molar-refractivity contribution is 0.0937. The molecular formula is C17H12Cl3N3O3. The second-order valence-electron chi connectivity index (χ2n) is 5.41. The first kappa shape index (κ1) is 18.5. The van der Waals surface area contributed by atoms with Gasteiger partial charge in [0.15, 0.2) is 5.75 Å². The van der Waals surface area contributed by atoms with Crippen LogP contribution in [0.1, 0.15) is 27.6 Å². The quantitative estimate of drug-likeness (QED) is 0.654. The maximum atomic E-state index is 12.1. The first-order chi connectivity index (χ1) is 12.4. The van der Waals surface area contributed by atoms with Gasteiger partial charge in [-0.25, -0.2) is 0 Å². The van der Waals surface area contributed by atoms with Crippen LogP contribution in [0.5, 0.6) is 5.75 Å². The number of carbonyl (C=O) groups is 1. The highest BCUT2D eigenvalue weighted by atomic mass is 35.5. The molecule has 134 valence electrons. The lowest BCUT2D eigenvalue weighted by Crippen LogP contribution is -2.23. The predicted octanol–water partition coefficient (Wildman–Crippen LogP) is 4.26. The minimum Gasteiger partial charge on any atom is -0.505 e. The summed E-state index contributed by atoms with van der Waals surface area (Å²) in [4.78, 5) is 16.2. The van der Waals surface area contributed by atoms with Crippen molar-refractivity contribution >= 4 is 40.7 Å². The summed E-state index contributed by atoms with van der Waals surface area (Å²) in [7, 11) is 0. The molecule has 1 aromatic heterocycles. The topological polar surface area (TPSA) is 88.2 Å². The zero-order valence-electron chi connectivity index (χ0n) is 13.2. The van der Waals surface area contributed by atoms with Crippen molar-refractivity contribution in [2.45, 2.75) is 13.0 Å². The Kier molecular flexibility index (Phi) is 5.66. The SMILES string of the molecule is O=C(NCc1ccc(Cl)cc1)c1noc(Cc2cc(Cl)c(O)c(Cl)c2)n1. The molecule has 0 fully saturated rings. The van der Waals surface area contributed by atoms with Crippen LogP contribution >= 0.6 is 34.8 Å². The highest BCUT2D eigenvalue weighted by Gasteiger charge is 2.16. The van der Waals surface area contributed by atoms with Gasteiger partial charge in [-0.3, -0.25) is 4.79 Å². The van der Waals surface area contributed by atoms with Crippen LogP contribution in [0.2, 0.25) is 15.1 Å². The zero-order chi connectivity index (χ0) is 18.7. The fraction of sp³-hybridized carbons (Fsp3) is 0.118. The van der Waals surface area contributed by atoms with Gasteiger partial charge in [0.1, 0.15) is 0 Å². The van der Waals surface area contributed by atoms with Gasteiger partial charge in [-0.15, -0.1) is 0 Å². The Morgan fingerprint density at radius 3 is 2.38 bits per heavy atom. The number of amides is 1. The Hall–Kier alpha value is -2.28. The third-order valence-corrected chi connectivity index (χ3v) is 4.30. The first-order valence-electron chi connectivity index (χ1n) is 7.44. The van der Waals surface area contributed by atoms with E-state index in [0.29, 0.717) is 17.1 Å². The number of halogens is 3. The van der Waals surface area contributed by atoms with Crippen LogP contribution in [0.25, 0.3) is 0 Å². The summed E-state index contributed by atoms with van der Waals surface area (Å²) in [6, 6.07) is 10.2. The van der Waals surface area contributed by atoms with Gasteiger partial charge in [-0.2, -0.15) is 4.98 Å². The Labute approximate surface area is 163 Å². The van der Waals surface area contributed by atoms with E-state index in [-0.39, 0.29) is 33.9 Å². The summed E-state index contributed by atoms with van der Waals surface area (Å²) in [6.07, 6.45) is 0.219. The van der Waals surface area contributed by atoms with Gasteiger partial charge in [0.05, 0.1) is 16.5 Å². The van der Waals surface area contributed by atoms with Crippen LogP contribution in [-0.4, -0.2) is 21.2 Å². The van der Waals surface area contributed by atoms with E-state index >= 15 is 0 Å². The predicted molar refractivity (Wildman–Crippen MR) is 97.9 cm³/mol. The summed E-state index contributed by atoms with van der Waals surface area (Å²) >= 11 is 17.6. The number of hydrogen-bond acceptors (Lipinski definition) is 5. The van der Waals surface area contributed by atoms with E-state index in [2.05, 4.69) is 15.5 Å². The van der Waals surface area contributed by atoms with Gasteiger partial charge in [-0.1, -0.05) is 52.1 Å². The molecule has 0 radical (unpaired) electrons. The van der Waals surface area contributed by atoms with Crippen LogP contribution in [-0.2, 0) is 13.0 Å². The van der Waals surface area contributed by atoms with Gasteiger partial charge in [0.2, 0.25) is 5.89 Å². The van der Waals surface area contributed by atoms with Crippen molar-refractivity contribution in [2.75, 3.05) is 0 Å². The van der Waals surface area contributed by atoms with Crippen LogP contribution in [0.15, 0.2) is 40.9 Å². The molecule has 1 amide bonds. The fourth-order valence-electron chi connectivity index (χ4n) is 2.18. The zero-order valence-corrected chi connectivity index (χ0v) is 15.4. The molecule has 0 aliphatic heterocycles. The Morgan fingerprint density at radius 2 is 1.73 bits per heavy atom. The van der Waals surface area contributed by atoms with Crippen molar-refractivity contribution < 1.29 is 14.4 Å². The van der Waals surface area contributed by atoms with E-state index in [0.717, 1.165) is 5.56 Å². The highest BCUT2D eigenvalue weighted by Crippen LogP contribution is 2.33. The van der Waals surface area contributed by atoms with Crippen molar-refractivity contribution in [3.05, 3.63) is 74.3 Å². The number of nitrogens with one attached hydrogen (secondary N) is 1. The smallest absolute Gasteiger partial charge is 0.292 e. The summed E-state index contributed by atoms with van der Waals surface area (Å²) < 4.78 is 5.08. The lowest BCUT2D eigenvalue weighted by Gasteiger charge is -2.03. The number of aromatic nitrogens is 2. The van der Waals surface area contributed by atoms with Crippen molar-refractivity contribution in [1.82, 2.24) is 15.5 Å². The molecular weight excluding hydrogens is 401 g/mol. The molecule has 0 atom stereocenters. The molecule has 0 aliphatic carbocycles. The number of aromatic hydroxyl groups is 1. The normalized spacial score (nSPS) is 10.7. The van der Waals surface area contributed by atoms with E-state index in [1.165, 1.54) is 12.1 Å². The van der Waals surface area contributed by atoms with E-state index < -0.39 is 5.91 Å². The Bertz CT molecular complexity index is 919. The van der Waals surface area contributed by atoms with E-state index in [9.17, 15) is 9.90 Å². The number of carbonyl (C=O) groups excluding carboxylic acids is 1. The van der Waals surface area contributed by atoms with E-state index in [4.69, 9.17) is 39.3 Å². The first-order valence-corrected chi connectivity index (χ1v) is 8.58. The Morgan fingerprint density at radius 1 is 1.08 bits per heavy atom. The van der Waals surface area contributed by atoms with E-state index in [1.54, 1.807) is 12.1 Å². The molecule has 0 saturated heterocycles. The van der Waals surface area contributed by atoms with E-state index in [1.807, 2.05) is 12.1 Å². The molecule has 2 aromatic carbocycles. The van der Waals surface area contributed by atoms with Gasteiger partial charge in [0, 0.05) is 11.6 Å². The number of phenolic OH excluding ortho intramolecular Hbond substituents is 1. The minimum atomic E-state index is -0.461. The molecule has 0 spiro atoms. The maximum absolute atomic E-state index is 12.1. The van der Waals surface area contributed by atoms with Gasteiger partial charge < -0.3 is 14.9 Å². The minimum absolute atomic E-state index is 0.0788. The molecule has 3 rings (SSSR count). The van der Waals surface area contributed by atoms with Crippen LogP contribution in [0.4, 0.5) is 0 Å². The average Bonchev–Trinajstić information content (AvgIpc) is 3.07. The molecule has 26 heavy (non-hydrogen) atoms. The monoisotopic (exact) mass is 411 g/mol. The van der Waals surface area contributed by atoms with Gasteiger partial charge in [-0.05, 0) is 35.4 Å². The largest absolute Gasteiger partial charge is 0.505 e.